The minimum Gasteiger partial charge on any atom is -0.252 e. The van der Waals surface area contributed by atoms with Gasteiger partial charge in [0.2, 0.25) is 0 Å². The summed E-state index contributed by atoms with van der Waals surface area (Å²) in [5, 5.41) is 2.65. The van der Waals surface area contributed by atoms with Crippen molar-refractivity contribution in [1.29, 1.82) is 0 Å². The number of aryl methyl sites for hydroxylation is 3. The number of nitrogens with zero attached hydrogens (tertiary/aromatic N) is 3. The Morgan fingerprint density at radius 2 is 1.67 bits per heavy atom. The number of aromatic nitrogens is 3. The fraction of sp³-hybridized carbons (Fsp3) is 0.333. The molecule has 6 rings (SSSR count). The fourth-order valence-electron chi connectivity index (χ4n) is 5.89. The lowest BCUT2D eigenvalue weighted by molar-refractivity contribution is -0.617. The van der Waals surface area contributed by atoms with Crippen molar-refractivity contribution in [2.24, 2.45) is 7.05 Å². The largest absolute Gasteiger partial charge is 0.297 e. The summed E-state index contributed by atoms with van der Waals surface area (Å²) in [5.41, 5.74) is 10.1. The first-order valence-corrected chi connectivity index (χ1v) is 11.3. The minimum absolute atomic E-state index is 0.640. The molecule has 0 bridgehead atoms. The van der Waals surface area contributed by atoms with Gasteiger partial charge in [-0.3, -0.25) is 4.98 Å². The van der Waals surface area contributed by atoms with E-state index in [1.165, 1.54) is 81.7 Å². The lowest BCUT2D eigenvalue weighted by Crippen LogP contribution is -2.27. The molecule has 3 nitrogen and oxygen atoms in total. The molecule has 0 atom stereocenters. The number of para-hydroxylation sites is 2. The van der Waals surface area contributed by atoms with Gasteiger partial charge >= 0.3 is 0 Å². The third kappa shape index (κ3) is 2.38. The number of pyridine rings is 2. The van der Waals surface area contributed by atoms with Gasteiger partial charge in [-0.1, -0.05) is 43.5 Å². The Labute approximate surface area is 177 Å². The number of hydrogen-bond acceptors (Lipinski definition) is 1. The summed E-state index contributed by atoms with van der Waals surface area (Å²) in [6.45, 7) is 4.37. The average Bonchev–Trinajstić information content (AvgIpc) is 3.07. The van der Waals surface area contributed by atoms with Gasteiger partial charge < -0.3 is 0 Å². The molecule has 0 amide bonds. The van der Waals surface area contributed by atoms with Gasteiger partial charge in [-0.2, -0.15) is 4.40 Å². The highest BCUT2D eigenvalue weighted by Gasteiger charge is 2.28. The summed E-state index contributed by atoms with van der Waals surface area (Å²) in [5.74, 6) is 0.640. The van der Waals surface area contributed by atoms with E-state index in [-0.39, 0.29) is 0 Å². The van der Waals surface area contributed by atoms with Crippen LogP contribution in [-0.4, -0.2) is 9.38 Å². The molecule has 3 aromatic heterocycles. The molecule has 0 N–H and O–H groups in total. The third-order valence-electron chi connectivity index (χ3n) is 7.18. The van der Waals surface area contributed by atoms with Crippen LogP contribution < -0.4 is 4.57 Å². The van der Waals surface area contributed by atoms with Crippen molar-refractivity contribution in [3.8, 4) is 0 Å². The molecular formula is C27H28N3+. The van der Waals surface area contributed by atoms with Crippen LogP contribution >= 0.6 is 0 Å². The van der Waals surface area contributed by atoms with Gasteiger partial charge in [-0.15, -0.1) is 0 Å². The zero-order chi connectivity index (χ0) is 20.4. The summed E-state index contributed by atoms with van der Waals surface area (Å²) in [7, 11) is 2.19. The van der Waals surface area contributed by atoms with E-state index in [1.807, 2.05) is 0 Å². The Hall–Kier alpha value is -2.94. The van der Waals surface area contributed by atoms with Crippen molar-refractivity contribution in [2.45, 2.75) is 51.9 Å². The van der Waals surface area contributed by atoms with E-state index < -0.39 is 0 Å². The zero-order valence-electron chi connectivity index (χ0n) is 18.1. The van der Waals surface area contributed by atoms with Crippen molar-refractivity contribution in [1.82, 2.24) is 9.38 Å². The Kier molecular flexibility index (Phi) is 3.89. The lowest BCUT2D eigenvalue weighted by Gasteiger charge is -2.23. The zero-order valence-corrected chi connectivity index (χ0v) is 18.1. The van der Waals surface area contributed by atoms with Crippen molar-refractivity contribution in [3.05, 3.63) is 65.4 Å². The second-order valence-corrected chi connectivity index (χ2v) is 9.09. The predicted octanol–water partition coefficient (Wildman–Crippen LogP) is 6.28. The summed E-state index contributed by atoms with van der Waals surface area (Å²) in [6.07, 6.45) is 6.65. The Morgan fingerprint density at radius 3 is 2.50 bits per heavy atom. The molecule has 1 fully saturated rings. The molecule has 3 heteroatoms. The van der Waals surface area contributed by atoms with E-state index in [9.17, 15) is 0 Å². The topological polar surface area (TPSA) is 21.2 Å². The van der Waals surface area contributed by atoms with Gasteiger partial charge in [0, 0.05) is 5.69 Å². The molecule has 150 valence electrons. The molecular weight excluding hydrogens is 366 g/mol. The van der Waals surface area contributed by atoms with Crippen LogP contribution in [0.5, 0.6) is 0 Å². The highest BCUT2D eigenvalue weighted by atomic mass is 15.1. The first-order valence-electron chi connectivity index (χ1n) is 11.3. The molecule has 0 spiro atoms. The van der Waals surface area contributed by atoms with E-state index >= 15 is 0 Å². The Bertz CT molecular complexity index is 1450. The maximum Gasteiger partial charge on any atom is 0.297 e. The molecule has 0 aliphatic heterocycles. The first kappa shape index (κ1) is 17.9. The number of fused-ring (bicyclic) bond motifs is 8. The summed E-state index contributed by atoms with van der Waals surface area (Å²) in [4.78, 5) is 5.15. The highest BCUT2D eigenvalue weighted by molar-refractivity contribution is 6.13. The number of rotatable bonds is 1. The van der Waals surface area contributed by atoms with Crippen LogP contribution in [0.25, 0.3) is 38.5 Å². The standard InChI is InChI=1S/C27H28N3/c1-17-16-18(2)28-26-24(17)27-29(3)21-13-7-8-14-22(21)30(27)23-15-9-12-20(25(23)26)19-10-5-4-6-11-19/h7-9,12-16,19H,4-6,10-11H2,1-3H3/q+1. The van der Waals surface area contributed by atoms with Crippen LogP contribution in [0.15, 0.2) is 48.5 Å². The fourth-order valence-corrected chi connectivity index (χ4v) is 5.89. The third-order valence-corrected chi connectivity index (χ3v) is 7.18. The van der Waals surface area contributed by atoms with Crippen molar-refractivity contribution < 1.29 is 4.57 Å². The number of hydrogen-bond donors (Lipinski definition) is 0. The highest BCUT2D eigenvalue weighted by Crippen LogP contribution is 2.40. The lowest BCUT2D eigenvalue weighted by atomic mass is 9.82. The molecule has 2 aromatic carbocycles. The van der Waals surface area contributed by atoms with E-state index in [0.717, 1.165) is 5.69 Å². The first-order chi connectivity index (χ1) is 14.6. The van der Waals surface area contributed by atoms with Gasteiger partial charge in [0.15, 0.2) is 11.0 Å². The van der Waals surface area contributed by atoms with Crippen LogP contribution in [0.2, 0.25) is 0 Å². The van der Waals surface area contributed by atoms with Crippen LogP contribution in [-0.2, 0) is 7.05 Å². The summed E-state index contributed by atoms with van der Waals surface area (Å²) in [6, 6.07) is 17.9. The molecule has 1 saturated carbocycles. The van der Waals surface area contributed by atoms with Crippen LogP contribution in [0.4, 0.5) is 0 Å². The minimum atomic E-state index is 0.640. The van der Waals surface area contributed by atoms with E-state index in [0.29, 0.717) is 5.92 Å². The summed E-state index contributed by atoms with van der Waals surface area (Å²) >= 11 is 0. The van der Waals surface area contributed by atoms with E-state index in [2.05, 4.69) is 78.4 Å². The molecule has 0 radical (unpaired) electrons. The van der Waals surface area contributed by atoms with Gasteiger partial charge in [0.25, 0.3) is 5.65 Å². The van der Waals surface area contributed by atoms with Crippen LogP contribution in [0.3, 0.4) is 0 Å². The van der Waals surface area contributed by atoms with E-state index in [4.69, 9.17) is 4.98 Å². The monoisotopic (exact) mass is 394 g/mol. The molecule has 3 heterocycles. The summed E-state index contributed by atoms with van der Waals surface area (Å²) < 4.78 is 4.82. The van der Waals surface area contributed by atoms with Gasteiger partial charge in [-0.05, 0) is 68.0 Å². The van der Waals surface area contributed by atoms with Crippen molar-refractivity contribution in [3.63, 3.8) is 0 Å². The van der Waals surface area contributed by atoms with Gasteiger partial charge in [0.05, 0.1) is 23.3 Å². The number of benzene rings is 2. The molecule has 30 heavy (non-hydrogen) atoms. The van der Waals surface area contributed by atoms with Crippen molar-refractivity contribution in [2.75, 3.05) is 0 Å². The molecule has 5 aromatic rings. The van der Waals surface area contributed by atoms with Gasteiger partial charge in [0.1, 0.15) is 5.52 Å². The second kappa shape index (κ2) is 6.53. The molecule has 1 aliphatic carbocycles. The second-order valence-electron chi connectivity index (χ2n) is 9.09. The molecule has 1 aliphatic rings. The maximum absolute atomic E-state index is 5.15. The number of imidazole rings is 1. The van der Waals surface area contributed by atoms with Crippen LogP contribution in [0.1, 0.15) is 54.8 Å². The molecule has 0 saturated heterocycles. The maximum atomic E-state index is 5.15. The van der Waals surface area contributed by atoms with Gasteiger partial charge in [-0.25, -0.2) is 4.57 Å². The normalized spacial score (nSPS) is 15.7. The Balaban J connectivity index is 1.91. The van der Waals surface area contributed by atoms with Crippen LogP contribution in [0, 0.1) is 13.8 Å². The van der Waals surface area contributed by atoms with E-state index in [1.54, 1.807) is 0 Å². The smallest absolute Gasteiger partial charge is 0.252 e. The SMILES string of the molecule is Cc1cc(C)c2c(n1)c1c(C3CCCCC3)cccc1n1c3ccccc3[n+](C)c21. The average molecular weight is 395 g/mol. The quantitative estimate of drug-likeness (QED) is 0.242. The predicted molar refractivity (Wildman–Crippen MR) is 124 cm³/mol. The van der Waals surface area contributed by atoms with Crippen molar-refractivity contribution >= 4 is 38.5 Å². The Morgan fingerprint density at radius 1 is 0.900 bits per heavy atom. The molecule has 0 unspecified atom stereocenters.